The fourth-order valence-electron chi connectivity index (χ4n) is 3.16. The van der Waals surface area contributed by atoms with E-state index in [0.29, 0.717) is 28.3 Å². The fraction of sp³-hybridized carbons (Fsp3) is 0.0909. The average Bonchev–Trinajstić information content (AvgIpc) is 3.16. The van der Waals surface area contributed by atoms with Gasteiger partial charge in [-0.3, -0.25) is 0 Å². The first-order valence-corrected chi connectivity index (χ1v) is 11.4. The molecule has 2 aromatic heterocycles. The highest BCUT2D eigenvalue weighted by atomic mass is 35.5. The van der Waals surface area contributed by atoms with Gasteiger partial charge in [0.25, 0.3) is 6.43 Å². The number of rotatable bonds is 3. The summed E-state index contributed by atoms with van der Waals surface area (Å²) in [6.07, 6.45) is -1.75. The van der Waals surface area contributed by atoms with E-state index in [9.17, 15) is 26.0 Å². The smallest absolute Gasteiger partial charge is 0.227 e. The summed E-state index contributed by atoms with van der Waals surface area (Å²) in [7, 11) is -4.47. The number of sulfonamides is 1. The second kappa shape index (κ2) is 8.72. The second-order valence-electron chi connectivity index (χ2n) is 7.18. The first-order chi connectivity index (χ1) is 16.0. The Balaban J connectivity index is 1.89. The minimum absolute atomic E-state index is 0.0397. The van der Waals surface area contributed by atoms with Crippen LogP contribution in [0.5, 0.6) is 0 Å². The molecule has 0 atom stereocenters. The number of hydrogen-bond donors (Lipinski definition) is 1. The van der Waals surface area contributed by atoms with Crippen molar-refractivity contribution in [1.29, 1.82) is 0 Å². The summed E-state index contributed by atoms with van der Waals surface area (Å²) >= 11 is 6.04. The van der Waals surface area contributed by atoms with Gasteiger partial charge in [-0.15, -0.1) is 0 Å². The Morgan fingerprint density at radius 2 is 1.76 bits per heavy atom. The van der Waals surface area contributed by atoms with Crippen molar-refractivity contribution in [2.24, 2.45) is 5.14 Å². The standard InChI is InChI=1S/C22H13ClF4N4O2S/c1-11-6-13(4-5-15(11)23)18-9-19(21(26)27)31-22(30-18)14(10-29-31)3-2-12-7-20(34(28,32)33)17(25)8-16(12)24/h4-10,21H,1H3,(H2,28,32,33). The van der Waals surface area contributed by atoms with Crippen LogP contribution in [-0.4, -0.2) is 23.0 Å². The summed E-state index contributed by atoms with van der Waals surface area (Å²) in [5.41, 5.74) is 0.528. The van der Waals surface area contributed by atoms with Crippen molar-refractivity contribution in [2.75, 3.05) is 0 Å². The lowest BCUT2D eigenvalue weighted by Gasteiger charge is -2.09. The van der Waals surface area contributed by atoms with Crippen LogP contribution in [-0.2, 0) is 10.0 Å². The Kier molecular flexibility index (Phi) is 6.07. The maximum atomic E-state index is 14.2. The van der Waals surface area contributed by atoms with Crippen LogP contribution < -0.4 is 5.14 Å². The summed E-state index contributed by atoms with van der Waals surface area (Å²) in [4.78, 5) is 3.44. The predicted octanol–water partition coefficient (Wildman–Crippen LogP) is 4.62. The van der Waals surface area contributed by atoms with E-state index < -0.39 is 44.2 Å². The molecule has 0 aliphatic carbocycles. The Labute approximate surface area is 196 Å². The Bertz CT molecular complexity index is 1630. The number of benzene rings is 2. The Hall–Kier alpha value is -3.46. The van der Waals surface area contributed by atoms with E-state index in [0.717, 1.165) is 10.7 Å². The van der Waals surface area contributed by atoms with Crippen molar-refractivity contribution in [3.05, 3.63) is 81.6 Å². The van der Waals surface area contributed by atoms with Crippen molar-refractivity contribution in [1.82, 2.24) is 14.6 Å². The van der Waals surface area contributed by atoms with Crippen LogP contribution in [0.3, 0.4) is 0 Å². The van der Waals surface area contributed by atoms with Crippen LogP contribution in [0.4, 0.5) is 17.6 Å². The minimum Gasteiger partial charge on any atom is -0.227 e. The molecule has 0 amide bonds. The van der Waals surface area contributed by atoms with Gasteiger partial charge in [0.15, 0.2) is 5.65 Å². The SMILES string of the molecule is Cc1cc(-c2cc(C(F)F)n3ncc(C#Cc4cc(S(N)(=O)=O)c(F)cc4F)c3n2)ccc1Cl. The van der Waals surface area contributed by atoms with Gasteiger partial charge in [-0.25, -0.2) is 40.6 Å². The van der Waals surface area contributed by atoms with Gasteiger partial charge in [-0.1, -0.05) is 29.5 Å². The van der Waals surface area contributed by atoms with E-state index in [2.05, 4.69) is 21.9 Å². The molecular formula is C22H13ClF4N4O2S. The zero-order chi connectivity index (χ0) is 24.8. The van der Waals surface area contributed by atoms with Crippen molar-refractivity contribution < 1.29 is 26.0 Å². The number of hydrogen-bond acceptors (Lipinski definition) is 4. The van der Waals surface area contributed by atoms with E-state index in [1.54, 1.807) is 25.1 Å². The van der Waals surface area contributed by atoms with Crippen LogP contribution in [0.25, 0.3) is 16.9 Å². The number of halogens is 5. The lowest BCUT2D eigenvalue weighted by molar-refractivity contribution is 0.143. The number of aromatic nitrogens is 3. The normalized spacial score (nSPS) is 11.6. The summed E-state index contributed by atoms with van der Waals surface area (Å²) in [5, 5.41) is 9.33. The van der Waals surface area contributed by atoms with Gasteiger partial charge in [-0.2, -0.15) is 5.10 Å². The Morgan fingerprint density at radius 1 is 1.06 bits per heavy atom. The van der Waals surface area contributed by atoms with Gasteiger partial charge in [0.05, 0.1) is 23.0 Å². The van der Waals surface area contributed by atoms with Crippen LogP contribution in [0, 0.1) is 30.4 Å². The second-order valence-corrected chi connectivity index (χ2v) is 9.12. The molecule has 2 aromatic carbocycles. The number of alkyl halides is 2. The van der Waals surface area contributed by atoms with Crippen molar-refractivity contribution >= 4 is 27.3 Å². The molecule has 0 saturated carbocycles. The summed E-state index contributed by atoms with van der Waals surface area (Å²) in [6.45, 7) is 1.75. The first kappa shape index (κ1) is 23.7. The maximum absolute atomic E-state index is 14.2. The summed E-state index contributed by atoms with van der Waals surface area (Å²) in [5.74, 6) is 2.39. The molecule has 4 aromatic rings. The van der Waals surface area contributed by atoms with Crippen molar-refractivity contribution in [3.63, 3.8) is 0 Å². The molecule has 6 nitrogen and oxygen atoms in total. The third-order valence-electron chi connectivity index (χ3n) is 4.84. The number of fused-ring (bicyclic) bond motifs is 1. The first-order valence-electron chi connectivity index (χ1n) is 9.43. The number of nitrogens with two attached hydrogens (primary N) is 1. The topological polar surface area (TPSA) is 90.4 Å². The zero-order valence-corrected chi connectivity index (χ0v) is 18.7. The molecule has 0 aliphatic rings. The van der Waals surface area contributed by atoms with Crippen LogP contribution in [0.15, 0.2) is 47.5 Å². The van der Waals surface area contributed by atoms with Crippen LogP contribution >= 0.6 is 11.6 Å². The molecule has 2 heterocycles. The molecule has 0 unspecified atom stereocenters. The molecule has 2 N–H and O–H groups in total. The van der Waals surface area contributed by atoms with Gasteiger partial charge in [0, 0.05) is 16.7 Å². The van der Waals surface area contributed by atoms with E-state index in [4.69, 9.17) is 16.7 Å². The minimum atomic E-state index is -4.47. The highest BCUT2D eigenvalue weighted by Crippen LogP contribution is 2.29. The largest absolute Gasteiger partial charge is 0.280 e. The molecule has 0 saturated heterocycles. The van der Waals surface area contributed by atoms with E-state index in [1.165, 1.54) is 6.07 Å². The molecule has 0 radical (unpaired) electrons. The lowest BCUT2D eigenvalue weighted by atomic mass is 10.1. The lowest BCUT2D eigenvalue weighted by Crippen LogP contribution is -2.14. The van der Waals surface area contributed by atoms with Crippen molar-refractivity contribution in [2.45, 2.75) is 18.2 Å². The molecule has 0 bridgehead atoms. The quantitative estimate of drug-likeness (QED) is 0.323. The van der Waals surface area contributed by atoms with Crippen LogP contribution in [0.1, 0.15) is 28.8 Å². The van der Waals surface area contributed by atoms with Crippen molar-refractivity contribution in [3.8, 4) is 23.1 Å². The molecule has 0 fully saturated rings. The molecule has 174 valence electrons. The Morgan fingerprint density at radius 3 is 2.41 bits per heavy atom. The van der Waals surface area contributed by atoms with Gasteiger partial charge < -0.3 is 0 Å². The molecule has 4 rings (SSSR count). The van der Waals surface area contributed by atoms with Gasteiger partial charge in [0.2, 0.25) is 10.0 Å². The highest BCUT2D eigenvalue weighted by molar-refractivity contribution is 7.89. The molecule has 0 spiro atoms. The van der Waals surface area contributed by atoms with E-state index >= 15 is 0 Å². The third-order valence-corrected chi connectivity index (χ3v) is 6.19. The summed E-state index contributed by atoms with van der Waals surface area (Å²) < 4.78 is 79.3. The third kappa shape index (κ3) is 4.48. The highest BCUT2D eigenvalue weighted by Gasteiger charge is 2.20. The number of aryl methyl sites for hydroxylation is 1. The number of primary sulfonamides is 1. The molecule has 34 heavy (non-hydrogen) atoms. The predicted molar refractivity (Wildman–Crippen MR) is 117 cm³/mol. The molecular weight excluding hydrogens is 496 g/mol. The fourth-order valence-corrected chi connectivity index (χ4v) is 3.89. The monoisotopic (exact) mass is 508 g/mol. The van der Waals surface area contributed by atoms with Gasteiger partial charge in [0.1, 0.15) is 22.2 Å². The van der Waals surface area contributed by atoms with E-state index in [1.807, 2.05) is 0 Å². The number of nitrogens with zero attached hydrogens (tertiary/aromatic N) is 3. The van der Waals surface area contributed by atoms with Gasteiger partial charge >= 0.3 is 0 Å². The van der Waals surface area contributed by atoms with Gasteiger partial charge in [-0.05, 0) is 36.8 Å². The summed E-state index contributed by atoms with van der Waals surface area (Å²) in [6, 6.07) is 7.08. The average molecular weight is 509 g/mol. The molecule has 0 aliphatic heterocycles. The maximum Gasteiger partial charge on any atom is 0.280 e. The van der Waals surface area contributed by atoms with E-state index in [-0.39, 0.29) is 16.9 Å². The zero-order valence-electron chi connectivity index (χ0n) is 17.2. The van der Waals surface area contributed by atoms with Crippen LogP contribution in [0.2, 0.25) is 5.02 Å². The molecule has 12 heteroatoms.